The van der Waals surface area contributed by atoms with Gasteiger partial charge in [0, 0.05) is 6.42 Å². The largest absolute Gasteiger partial charge is 0.198 e. The minimum Gasteiger partial charge on any atom is -0.198 e. The molecule has 0 aliphatic rings. The van der Waals surface area contributed by atoms with Crippen molar-refractivity contribution in [3.05, 3.63) is 35.9 Å². The van der Waals surface area contributed by atoms with Gasteiger partial charge >= 0.3 is 0 Å². The fourth-order valence-electron chi connectivity index (χ4n) is 1.04. The molecule has 56 valence electrons. The zero-order valence-electron chi connectivity index (χ0n) is 6.62. The molecule has 0 aromatic heterocycles. The Morgan fingerprint density at radius 2 is 2.00 bits per heavy atom. The molecule has 0 bridgehead atoms. The van der Waals surface area contributed by atoms with Crippen LogP contribution in [-0.2, 0) is 0 Å². The fourth-order valence-corrected chi connectivity index (χ4v) is 1.04. The Kier molecular flexibility index (Phi) is 2.68. The van der Waals surface area contributed by atoms with Gasteiger partial charge in [0.2, 0.25) is 0 Å². The number of hydrogen-bond donors (Lipinski definition) is 0. The normalized spacial score (nSPS) is 12.0. The number of nitriles is 1. The summed E-state index contributed by atoms with van der Waals surface area (Å²) >= 11 is 0. The summed E-state index contributed by atoms with van der Waals surface area (Å²) in [5, 5.41) is 8.45. The Bertz CT molecular complexity index is 245. The Morgan fingerprint density at radius 3 is 2.55 bits per heavy atom. The third-order valence-electron chi connectivity index (χ3n) is 1.77. The highest BCUT2D eigenvalue weighted by Gasteiger charge is 2.01. The molecule has 0 amide bonds. The van der Waals surface area contributed by atoms with E-state index in [1.54, 1.807) is 0 Å². The molecule has 1 heteroatoms. The Hall–Kier alpha value is -1.29. The van der Waals surface area contributed by atoms with Gasteiger partial charge in [0.25, 0.3) is 0 Å². The Labute approximate surface area is 67.3 Å². The predicted octanol–water partition coefficient (Wildman–Crippen LogP) is 2.70. The summed E-state index contributed by atoms with van der Waals surface area (Å²) in [5.74, 6) is 0.362. The molecule has 11 heavy (non-hydrogen) atoms. The summed E-state index contributed by atoms with van der Waals surface area (Å²) in [6.45, 7) is 2.07. The van der Waals surface area contributed by atoms with Crippen LogP contribution < -0.4 is 0 Å². The van der Waals surface area contributed by atoms with E-state index >= 15 is 0 Å². The molecule has 0 radical (unpaired) electrons. The molecule has 0 N–H and O–H groups in total. The second-order valence-electron chi connectivity index (χ2n) is 2.67. The van der Waals surface area contributed by atoms with Crippen molar-refractivity contribution in [3.8, 4) is 6.07 Å². The van der Waals surface area contributed by atoms with Crippen molar-refractivity contribution in [2.45, 2.75) is 19.3 Å². The van der Waals surface area contributed by atoms with Crippen LogP contribution in [0.3, 0.4) is 0 Å². The first-order valence-electron chi connectivity index (χ1n) is 3.76. The third-order valence-corrected chi connectivity index (χ3v) is 1.77. The van der Waals surface area contributed by atoms with Crippen LogP contribution in [0.4, 0.5) is 0 Å². The highest BCUT2D eigenvalue weighted by Crippen LogP contribution is 2.16. The number of rotatable bonds is 2. The first-order chi connectivity index (χ1) is 5.34. The van der Waals surface area contributed by atoms with E-state index < -0.39 is 0 Å². The van der Waals surface area contributed by atoms with Crippen molar-refractivity contribution in [2.75, 3.05) is 0 Å². The Morgan fingerprint density at radius 1 is 1.36 bits per heavy atom. The van der Waals surface area contributed by atoms with Crippen molar-refractivity contribution in [2.24, 2.45) is 0 Å². The van der Waals surface area contributed by atoms with E-state index in [1.165, 1.54) is 5.56 Å². The third kappa shape index (κ3) is 2.09. The van der Waals surface area contributed by atoms with Crippen molar-refractivity contribution in [1.29, 1.82) is 5.26 Å². The SMILES string of the molecule is C[C@@H](CC#N)c1ccccc1. The summed E-state index contributed by atoms with van der Waals surface area (Å²) in [6.07, 6.45) is 0.601. The van der Waals surface area contributed by atoms with E-state index in [4.69, 9.17) is 5.26 Å². The van der Waals surface area contributed by atoms with Crippen molar-refractivity contribution < 1.29 is 0 Å². The second kappa shape index (κ2) is 3.78. The fraction of sp³-hybridized carbons (Fsp3) is 0.300. The molecule has 0 heterocycles. The van der Waals surface area contributed by atoms with Crippen molar-refractivity contribution >= 4 is 0 Å². The van der Waals surface area contributed by atoms with Crippen molar-refractivity contribution in [1.82, 2.24) is 0 Å². The van der Waals surface area contributed by atoms with Gasteiger partial charge in [-0.2, -0.15) is 5.26 Å². The van der Waals surface area contributed by atoms with E-state index in [-0.39, 0.29) is 0 Å². The van der Waals surface area contributed by atoms with Crippen LogP contribution in [0, 0.1) is 11.3 Å². The molecule has 0 aliphatic heterocycles. The van der Waals surface area contributed by atoms with E-state index in [9.17, 15) is 0 Å². The molecule has 1 rings (SSSR count). The molecule has 0 spiro atoms. The van der Waals surface area contributed by atoms with Crippen LogP contribution in [0.15, 0.2) is 30.3 Å². The lowest BCUT2D eigenvalue weighted by Crippen LogP contribution is -1.90. The molecular weight excluding hydrogens is 134 g/mol. The molecule has 1 aromatic rings. The number of benzene rings is 1. The Balaban J connectivity index is 2.70. The smallest absolute Gasteiger partial charge is 0.0628 e. The number of hydrogen-bond acceptors (Lipinski definition) is 1. The van der Waals surface area contributed by atoms with Crippen LogP contribution >= 0.6 is 0 Å². The first kappa shape index (κ1) is 7.81. The summed E-state index contributed by atoms with van der Waals surface area (Å²) in [7, 11) is 0. The monoisotopic (exact) mass is 145 g/mol. The standard InChI is InChI=1S/C10H11N/c1-9(7-8-11)10-5-3-2-4-6-10/h2-6,9H,7H2,1H3/t9-/m0/s1. The zero-order valence-corrected chi connectivity index (χ0v) is 6.62. The number of nitrogens with zero attached hydrogens (tertiary/aromatic N) is 1. The van der Waals surface area contributed by atoms with Crippen molar-refractivity contribution in [3.63, 3.8) is 0 Å². The lowest BCUT2D eigenvalue weighted by molar-refractivity contribution is 0.789. The van der Waals surface area contributed by atoms with Gasteiger partial charge in [0.05, 0.1) is 6.07 Å². The molecular formula is C10H11N. The molecule has 0 fully saturated rings. The lowest BCUT2D eigenvalue weighted by atomic mass is 9.99. The van der Waals surface area contributed by atoms with Gasteiger partial charge < -0.3 is 0 Å². The molecule has 0 aliphatic carbocycles. The zero-order chi connectivity index (χ0) is 8.10. The van der Waals surface area contributed by atoms with Gasteiger partial charge in [-0.3, -0.25) is 0 Å². The van der Waals surface area contributed by atoms with E-state index in [0.29, 0.717) is 12.3 Å². The summed E-state index contributed by atoms with van der Waals surface area (Å²) in [6, 6.07) is 12.3. The summed E-state index contributed by atoms with van der Waals surface area (Å²) < 4.78 is 0. The van der Waals surface area contributed by atoms with Gasteiger partial charge in [-0.1, -0.05) is 37.3 Å². The van der Waals surface area contributed by atoms with Crippen LogP contribution in [-0.4, -0.2) is 0 Å². The highest BCUT2D eigenvalue weighted by molar-refractivity contribution is 5.19. The highest BCUT2D eigenvalue weighted by atomic mass is 14.2. The molecule has 1 nitrogen and oxygen atoms in total. The van der Waals surface area contributed by atoms with Crippen LogP contribution in [0.1, 0.15) is 24.8 Å². The van der Waals surface area contributed by atoms with Gasteiger partial charge in [-0.05, 0) is 11.5 Å². The maximum atomic E-state index is 8.45. The average Bonchev–Trinajstić information content (AvgIpc) is 2.07. The molecule has 1 aromatic carbocycles. The van der Waals surface area contributed by atoms with Crippen LogP contribution in [0.2, 0.25) is 0 Å². The molecule has 1 atom stereocenters. The van der Waals surface area contributed by atoms with Gasteiger partial charge in [-0.15, -0.1) is 0 Å². The second-order valence-corrected chi connectivity index (χ2v) is 2.67. The van der Waals surface area contributed by atoms with E-state index in [1.807, 2.05) is 18.2 Å². The van der Waals surface area contributed by atoms with Gasteiger partial charge in [0.1, 0.15) is 0 Å². The quantitative estimate of drug-likeness (QED) is 0.627. The summed E-state index contributed by atoms with van der Waals surface area (Å²) in [5.41, 5.74) is 1.24. The average molecular weight is 145 g/mol. The lowest BCUT2D eigenvalue weighted by Gasteiger charge is -2.05. The van der Waals surface area contributed by atoms with E-state index in [2.05, 4.69) is 25.1 Å². The minimum atomic E-state index is 0.362. The molecule has 0 unspecified atom stereocenters. The molecule has 0 saturated carbocycles. The maximum absolute atomic E-state index is 8.45. The van der Waals surface area contributed by atoms with Gasteiger partial charge in [-0.25, -0.2) is 0 Å². The molecule has 0 saturated heterocycles. The van der Waals surface area contributed by atoms with Gasteiger partial charge in [0.15, 0.2) is 0 Å². The van der Waals surface area contributed by atoms with E-state index in [0.717, 1.165) is 0 Å². The van der Waals surface area contributed by atoms with Crippen LogP contribution in [0.5, 0.6) is 0 Å². The first-order valence-corrected chi connectivity index (χ1v) is 3.76. The topological polar surface area (TPSA) is 23.8 Å². The summed E-state index contributed by atoms with van der Waals surface area (Å²) in [4.78, 5) is 0. The maximum Gasteiger partial charge on any atom is 0.0628 e. The predicted molar refractivity (Wildman–Crippen MR) is 45.1 cm³/mol. The minimum absolute atomic E-state index is 0.362. The van der Waals surface area contributed by atoms with Crippen LogP contribution in [0.25, 0.3) is 0 Å².